The molecule has 1 unspecified atom stereocenters. The van der Waals surface area contributed by atoms with E-state index in [9.17, 15) is 4.79 Å². The maximum atomic E-state index is 11.9. The Morgan fingerprint density at radius 3 is 3.00 bits per heavy atom. The van der Waals surface area contributed by atoms with Gasteiger partial charge in [-0.25, -0.2) is 4.79 Å². The second-order valence-corrected chi connectivity index (χ2v) is 5.41. The molecule has 0 bridgehead atoms. The summed E-state index contributed by atoms with van der Waals surface area (Å²) in [6, 6.07) is 0. The van der Waals surface area contributed by atoms with Crippen LogP contribution in [0.2, 0.25) is 0 Å². The molecule has 1 fully saturated rings. The first-order valence-corrected chi connectivity index (χ1v) is 5.93. The highest BCUT2D eigenvalue weighted by molar-refractivity contribution is 5.68. The maximum absolute atomic E-state index is 11.9. The van der Waals surface area contributed by atoms with Gasteiger partial charge in [-0.05, 0) is 33.3 Å². The number of carbonyl (C=O) groups is 1. The van der Waals surface area contributed by atoms with Gasteiger partial charge in [-0.2, -0.15) is 0 Å². The number of hydrogen-bond acceptors (Lipinski definition) is 3. The fourth-order valence-electron chi connectivity index (χ4n) is 1.91. The summed E-state index contributed by atoms with van der Waals surface area (Å²) < 4.78 is 10.9. The second kappa shape index (κ2) is 4.43. The van der Waals surface area contributed by atoms with Crippen LogP contribution in [0, 0.1) is 5.92 Å². The Balaban J connectivity index is 1.95. The van der Waals surface area contributed by atoms with Crippen LogP contribution in [0.1, 0.15) is 27.2 Å². The van der Waals surface area contributed by atoms with Crippen LogP contribution >= 0.6 is 0 Å². The molecule has 94 valence electrons. The molecule has 4 nitrogen and oxygen atoms in total. The first-order valence-electron chi connectivity index (χ1n) is 5.93. The minimum atomic E-state index is -0.459. The summed E-state index contributed by atoms with van der Waals surface area (Å²) in [5.41, 5.74) is -0.459. The number of amides is 1. The SMILES string of the molecule is CC(C)(C)OC(=O)N1COC2=CC=CCC2C1. The molecule has 1 saturated heterocycles. The van der Waals surface area contributed by atoms with Crippen molar-refractivity contribution in [1.82, 2.24) is 4.90 Å². The van der Waals surface area contributed by atoms with E-state index >= 15 is 0 Å². The van der Waals surface area contributed by atoms with Gasteiger partial charge in [0, 0.05) is 12.5 Å². The molecule has 1 heterocycles. The molecule has 0 aromatic rings. The zero-order chi connectivity index (χ0) is 12.5. The van der Waals surface area contributed by atoms with Crippen molar-refractivity contribution in [2.24, 2.45) is 5.92 Å². The lowest BCUT2D eigenvalue weighted by Gasteiger charge is -2.36. The summed E-state index contributed by atoms with van der Waals surface area (Å²) in [7, 11) is 0. The summed E-state index contributed by atoms with van der Waals surface area (Å²) in [5, 5.41) is 0. The first kappa shape index (κ1) is 12.0. The topological polar surface area (TPSA) is 38.8 Å². The second-order valence-electron chi connectivity index (χ2n) is 5.41. The van der Waals surface area contributed by atoms with E-state index in [1.807, 2.05) is 32.9 Å². The largest absolute Gasteiger partial charge is 0.477 e. The Morgan fingerprint density at radius 1 is 1.53 bits per heavy atom. The number of rotatable bonds is 0. The normalized spacial score (nSPS) is 23.6. The van der Waals surface area contributed by atoms with Gasteiger partial charge in [-0.1, -0.05) is 12.2 Å². The van der Waals surface area contributed by atoms with Gasteiger partial charge in [0.25, 0.3) is 0 Å². The minimum Gasteiger partial charge on any atom is -0.477 e. The van der Waals surface area contributed by atoms with Gasteiger partial charge in [0.2, 0.25) is 0 Å². The van der Waals surface area contributed by atoms with E-state index in [2.05, 4.69) is 6.08 Å². The predicted molar refractivity (Wildman–Crippen MR) is 64.2 cm³/mol. The Morgan fingerprint density at radius 2 is 2.29 bits per heavy atom. The number of nitrogens with zero attached hydrogens (tertiary/aromatic N) is 1. The van der Waals surface area contributed by atoms with Crippen molar-refractivity contribution in [2.75, 3.05) is 13.3 Å². The van der Waals surface area contributed by atoms with Gasteiger partial charge < -0.3 is 9.47 Å². The lowest BCUT2D eigenvalue weighted by Crippen LogP contribution is -2.44. The van der Waals surface area contributed by atoms with Crippen molar-refractivity contribution < 1.29 is 14.3 Å². The molecular weight excluding hydrogens is 218 g/mol. The van der Waals surface area contributed by atoms with Gasteiger partial charge in [0.05, 0.1) is 0 Å². The zero-order valence-corrected chi connectivity index (χ0v) is 10.6. The molecule has 0 aromatic carbocycles. The summed E-state index contributed by atoms with van der Waals surface area (Å²) in [4.78, 5) is 13.5. The summed E-state index contributed by atoms with van der Waals surface area (Å²) in [5.74, 6) is 1.26. The molecule has 1 atom stereocenters. The fraction of sp³-hybridized carbons (Fsp3) is 0.615. The zero-order valence-electron chi connectivity index (χ0n) is 10.6. The Labute approximate surface area is 102 Å². The van der Waals surface area contributed by atoms with E-state index in [0.29, 0.717) is 6.54 Å². The summed E-state index contributed by atoms with van der Waals surface area (Å²) in [6.07, 6.45) is 6.68. The fourth-order valence-corrected chi connectivity index (χ4v) is 1.91. The Kier molecular flexibility index (Phi) is 3.13. The minimum absolute atomic E-state index is 0.279. The number of fused-ring (bicyclic) bond motifs is 1. The first-order chi connectivity index (χ1) is 7.96. The van der Waals surface area contributed by atoms with Gasteiger partial charge >= 0.3 is 6.09 Å². The highest BCUT2D eigenvalue weighted by Crippen LogP contribution is 2.27. The smallest absolute Gasteiger partial charge is 0.412 e. The van der Waals surface area contributed by atoms with Gasteiger partial charge in [0.1, 0.15) is 11.4 Å². The van der Waals surface area contributed by atoms with Crippen LogP contribution in [0.4, 0.5) is 4.79 Å². The Bertz CT molecular complexity index is 365. The van der Waals surface area contributed by atoms with E-state index in [1.54, 1.807) is 4.90 Å². The van der Waals surface area contributed by atoms with Crippen LogP contribution in [0.5, 0.6) is 0 Å². The molecule has 0 radical (unpaired) electrons. The molecule has 0 N–H and O–H groups in total. The average molecular weight is 237 g/mol. The van der Waals surface area contributed by atoms with Gasteiger partial charge in [-0.15, -0.1) is 0 Å². The summed E-state index contributed by atoms with van der Waals surface area (Å²) in [6.45, 7) is 6.55. The molecule has 1 aliphatic heterocycles. The Hall–Kier alpha value is -1.45. The van der Waals surface area contributed by atoms with Crippen LogP contribution in [-0.2, 0) is 9.47 Å². The lowest BCUT2D eigenvalue weighted by molar-refractivity contribution is -0.0277. The molecule has 0 saturated carbocycles. The van der Waals surface area contributed by atoms with E-state index in [0.717, 1.165) is 12.2 Å². The molecule has 17 heavy (non-hydrogen) atoms. The van der Waals surface area contributed by atoms with Crippen molar-refractivity contribution in [3.63, 3.8) is 0 Å². The van der Waals surface area contributed by atoms with Gasteiger partial charge in [0.15, 0.2) is 6.73 Å². The monoisotopic (exact) mass is 237 g/mol. The number of carbonyl (C=O) groups excluding carboxylic acids is 1. The highest BCUT2D eigenvalue weighted by atomic mass is 16.6. The van der Waals surface area contributed by atoms with E-state index < -0.39 is 5.60 Å². The number of hydrogen-bond donors (Lipinski definition) is 0. The third-order valence-corrected chi connectivity index (χ3v) is 2.70. The third kappa shape index (κ3) is 3.02. The molecule has 0 spiro atoms. The predicted octanol–water partition coefficient (Wildman–Crippen LogP) is 2.67. The number of allylic oxidation sites excluding steroid dienone is 3. The van der Waals surface area contributed by atoms with Crippen molar-refractivity contribution in [1.29, 1.82) is 0 Å². The average Bonchev–Trinajstić information content (AvgIpc) is 2.26. The molecular formula is C13H19NO3. The molecule has 2 aliphatic rings. The van der Waals surface area contributed by atoms with Crippen LogP contribution < -0.4 is 0 Å². The van der Waals surface area contributed by atoms with Crippen molar-refractivity contribution in [3.05, 3.63) is 24.0 Å². The standard InChI is InChI=1S/C13H19NO3/c1-13(2,3)17-12(15)14-8-10-6-4-5-7-11(10)16-9-14/h4-5,7,10H,6,8-9H2,1-3H3. The van der Waals surface area contributed by atoms with Crippen molar-refractivity contribution in [3.8, 4) is 0 Å². The van der Waals surface area contributed by atoms with Crippen LogP contribution in [-0.4, -0.2) is 29.9 Å². The van der Waals surface area contributed by atoms with Crippen molar-refractivity contribution >= 4 is 6.09 Å². The summed E-state index contributed by atoms with van der Waals surface area (Å²) >= 11 is 0. The quantitative estimate of drug-likeness (QED) is 0.650. The molecule has 1 aliphatic carbocycles. The maximum Gasteiger partial charge on any atom is 0.412 e. The van der Waals surface area contributed by atoms with Crippen molar-refractivity contribution in [2.45, 2.75) is 32.8 Å². The third-order valence-electron chi connectivity index (χ3n) is 2.70. The van der Waals surface area contributed by atoms with Crippen LogP contribution in [0.3, 0.4) is 0 Å². The van der Waals surface area contributed by atoms with E-state index in [4.69, 9.17) is 9.47 Å². The molecule has 2 rings (SSSR count). The van der Waals surface area contributed by atoms with Crippen LogP contribution in [0.15, 0.2) is 24.0 Å². The van der Waals surface area contributed by atoms with Gasteiger partial charge in [-0.3, -0.25) is 4.90 Å². The highest BCUT2D eigenvalue weighted by Gasteiger charge is 2.31. The molecule has 4 heteroatoms. The lowest BCUT2D eigenvalue weighted by atomic mass is 9.97. The number of ether oxygens (including phenoxy) is 2. The van der Waals surface area contributed by atoms with Crippen LogP contribution in [0.25, 0.3) is 0 Å². The molecule has 0 aromatic heterocycles. The van der Waals surface area contributed by atoms with E-state index in [1.165, 1.54) is 0 Å². The molecule has 1 amide bonds. The van der Waals surface area contributed by atoms with E-state index in [-0.39, 0.29) is 18.7 Å².